The highest BCUT2D eigenvalue weighted by Crippen LogP contribution is 2.34. The SMILES string of the molecule is Cc1cnc(NC(=O)c2cnc3c(c2)c(=O)[nH]c(=O)n3C2CC2)s1. The molecule has 0 bridgehead atoms. The van der Waals surface area contributed by atoms with Gasteiger partial charge in [-0.2, -0.15) is 0 Å². The van der Waals surface area contributed by atoms with Crippen LogP contribution in [0.5, 0.6) is 0 Å². The number of aromatic nitrogens is 4. The summed E-state index contributed by atoms with van der Waals surface area (Å²) in [5, 5.41) is 3.38. The smallest absolute Gasteiger partial charge is 0.298 e. The summed E-state index contributed by atoms with van der Waals surface area (Å²) in [5.41, 5.74) is -0.452. The van der Waals surface area contributed by atoms with Crippen LogP contribution in [0.2, 0.25) is 0 Å². The van der Waals surface area contributed by atoms with E-state index in [1.165, 1.54) is 28.2 Å². The molecular formula is C15H13N5O3S. The average molecular weight is 343 g/mol. The molecule has 9 heteroatoms. The molecule has 0 aliphatic heterocycles. The number of carbonyl (C=O) groups is 1. The van der Waals surface area contributed by atoms with Crippen LogP contribution in [0.25, 0.3) is 11.0 Å². The standard InChI is InChI=1S/C15H13N5O3S/c1-7-5-17-14(24-7)18-12(21)8-4-10-11(16-6-8)20(9-2-3-9)15(23)19-13(10)22/h4-6,9H,2-3H2,1H3,(H,17,18,21)(H,19,22,23). The van der Waals surface area contributed by atoms with Gasteiger partial charge in [0.2, 0.25) is 0 Å². The van der Waals surface area contributed by atoms with Gasteiger partial charge in [-0.3, -0.25) is 24.5 Å². The van der Waals surface area contributed by atoms with Crippen molar-refractivity contribution in [2.45, 2.75) is 25.8 Å². The van der Waals surface area contributed by atoms with E-state index in [1.54, 1.807) is 6.20 Å². The van der Waals surface area contributed by atoms with Gasteiger partial charge in [0.05, 0.1) is 10.9 Å². The fraction of sp³-hybridized carbons (Fsp3) is 0.267. The molecule has 0 aromatic carbocycles. The van der Waals surface area contributed by atoms with Gasteiger partial charge in [-0.05, 0) is 25.8 Å². The van der Waals surface area contributed by atoms with Gasteiger partial charge >= 0.3 is 5.69 Å². The molecule has 3 heterocycles. The molecule has 1 saturated carbocycles. The molecule has 1 fully saturated rings. The first-order valence-electron chi connectivity index (χ1n) is 7.41. The van der Waals surface area contributed by atoms with Gasteiger partial charge in [-0.1, -0.05) is 0 Å². The van der Waals surface area contributed by atoms with Gasteiger partial charge < -0.3 is 0 Å². The Bertz CT molecular complexity index is 1080. The molecule has 3 aromatic heterocycles. The minimum atomic E-state index is -0.542. The number of anilines is 1. The molecule has 122 valence electrons. The van der Waals surface area contributed by atoms with Crippen LogP contribution in [-0.4, -0.2) is 25.4 Å². The number of aryl methyl sites for hydroxylation is 1. The zero-order chi connectivity index (χ0) is 16.8. The number of carbonyl (C=O) groups excluding carboxylic acids is 1. The number of nitrogens with zero attached hydrogens (tertiary/aromatic N) is 3. The fourth-order valence-electron chi connectivity index (χ4n) is 2.51. The number of pyridine rings is 1. The van der Waals surface area contributed by atoms with Crippen LogP contribution >= 0.6 is 11.3 Å². The highest BCUT2D eigenvalue weighted by atomic mass is 32.1. The minimum Gasteiger partial charge on any atom is -0.298 e. The van der Waals surface area contributed by atoms with Gasteiger partial charge in [0, 0.05) is 23.3 Å². The molecule has 1 aliphatic carbocycles. The summed E-state index contributed by atoms with van der Waals surface area (Å²) in [6.07, 6.45) is 4.80. The summed E-state index contributed by atoms with van der Waals surface area (Å²) in [4.78, 5) is 47.9. The summed E-state index contributed by atoms with van der Waals surface area (Å²) in [7, 11) is 0. The maximum atomic E-state index is 12.3. The van der Waals surface area contributed by atoms with Crippen molar-refractivity contribution >= 4 is 33.4 Å². The minimum absolute atomic E-state index is 0.0716. The van der Waals surface area contributed by atoms with E-state index in [2.05, 4.69) is 20.3 Å². The molecule has 0 spiro atoms. The molecule has 0 unspecified atom stereocenters. The average Bonchev–Trinajstić information content (AvgIpc) is 3.29. The second-order valence-electron chi connectivity index (χ2n) is 5.69. The summed E-state index contributed by atoms with van der Waals surface area (Å²) >= 11 is 1.36. The third-order valence-corrected chi connectivity index (χ3v) is 4.62. The molecule has 4 rings (SSSR count). The number of hydrogen-bond acceptors (Lipinski definition) is 6. The van der Waals surface area contributed by atoms with Gasteiger partial charge in [0.1, 0.15) is 5.65 Å². The highest BCUT2D eigenvalue weighted by Gasteiger charge is 2.27. The molecule has 2 N–H and O–H groups in total. The quantitative estimate of drug-likeness (QED) is 0.748. The normalized spacial score (nSPS) is 14.0. The Morgan fingerprint density at radius 1 is 1.33 bits per heavy atom. The largest absolute Gasteiger partial charge is 0.330 e. The van der Waals surface area contributed by atoms with Crippen LogP contribution in [0, 0.1) is 6.92 Å². The van der Waals surface area contributed by atoms with Crippen molar-refractivity contribution in [3.05, 3.63) is 49.7 Å². The maximum Gasteiger partial charge on any atom is 0.330 e. The lowest BCUT2D eigenvalue weighted by atomic mass is 10.2. The highest BCUT2D eigenvalue weighted by molar-refractivity contribution is 7.15. The molecular weight excluding hydrogens is 330 g/mol. The third kappa shape index (κ3) is 2.52. The lowest BCUT2D eigenvalue weighted by Crippen LogP contribution is -2.30. The van der Waals surface area contributed by atoms with Crippen LogP contribution in [0.4, 0.5) is 5.13 Å². The third-order valence-electron chi connectivity index (χ3n) is 3.79. The summed E-state index contributed by atoms with van der Waals surface area (Å²) in [5.74, 6) is -0.401. The van der Waals surface area contributed by atoms with Crippen LogP contribution in [0.1, 0.15) is 34.1 Å². The number of hydrogen-bond donors (Lipinski definition) is 2. The maximum absolute atomic E-state index is 12.3. The molecule has 1 aliphatic rings. The van der Waals surface area contributed by atoms with Crippen molar-refractivity contribution in [3.8, 4) is 0 Å². The first-order valence-corrected chi connectivity index (χ1v) is 8.23. The van der Waals surface area contributed by atoms with E-state index < -0.39 is 17.2 Å². The summed E-state index contributed by atoms with van der Waals surface area (Å²) in [6.45, 7) is 1.89. The van der Waals surface area contributed by atoms with E-state index in [9.17, 15) is 14.4 Å². The zero-order valence-electron chi connectivity index (χ0n) is 12.7. The van der Waals surface area contributed by atoms with Gasteiger partial charge in [-0.15, -0.1) is 11.3 Å². The van der Waals surface area contributed by atoms with Crippen LogP contribution in [0.15, 0.2) is 28.0 Å². The van der Waals surface area contributed by atoms with Gasteiger partial charge in [-0.25, -0.2) is 14.8 Å². The van der Waals surface area contributed by atoms with Crippen LogP contribution in [0.3, 0.4) is 0 Å². The second kappa shape index (κ2) is 5.38. The van der Waals surface area contributed by atoms with E-state index in [-0.39, 0.29) is 17.0 Å². The molecule has 1 amide bonds. The first-order chi connectivity index (χ1) is 11.5. The number of fused-ring (bicyclic) bond motifs is 1. The van der Waals surface area contributed by atoms with E-state index >= 15 is 0 Å². The Morgan fingerprint density at radius 2 is 2.12 bits per heavy atom. The Kier molecular flexibility index (Phi) is 3.31. The number of nitrogens with one attached hydrogen (secondary N) is 2. The van der Waals surface area contributed by atoms with Crippen LogP contribution < -0.4 is 16.6 Å². The van der Waals surface area contributed by atoms with Crippen molar-refractivity contribution in [3.63, 3.8) is 0 Å². The first kappa shape index (κ1) is 14.8. The lowest BCUT2D eigenvalue weighted by molar-refractivity contribution is 0.102. The predicted molar refractivity (Wildman–Crippen MR) is 89.7 cm³/mol. The monoisotopic (exact) mass is 343 g/mol. The topological polar surface area (TPSA) is 110 Å². The van der Waals surface area contributed by atoms with E-state index in [0.29, 0.717) is 10.8 Å². The Balaban J connectivity index is 1.77. The van der Waals surface area contributed by atoms with Crippen molar-refractivity contribution < 1.29 is 4.79 Å². The van der Waals surface area contributed by atoms with Crippen molar-refractivity contribution in [2.24, 2.45) is 0 Å². The molecule has 0 radical (unpaired) electrons. The molecule has 0 atom stereocenters. The predicted octanol–water partition coefficient (Wildman–Crippen LogP) is 1.44. The second-order valence-corrected chi connectivity index (χ2v) is 6.92. The van der Waals surface area contributed by atoms with Crippen molar-refractivity contribution in [1.82, 2.24) is 19.5 Å². The molecule has 3 aromatic rings. The molecule has 8 nitrogen and oxygen atoms in total. The molecule has 24 heavy (non-hydrogen) atoms. The number of amides is 1. The zero-order valence-corrected chi connectivity index (χ0v) is 13.5. The van der Waals surface area contributed by atoms with E-state index in [1.807, 2.05) is 6.92 Å². The van der Waals surface area contributed by atoms with Crippen molar-refractivity contribution in [2.75, 3.05) is 5.32 Å². The van der Waals surface area contributed by atoms with Crippen molar-refractivity contribution in [1.29, 1.82) is 0 Å². The number of thiazole rings is 1. The number of rotatable bonds is 3. The fourth-order valence-corrected chi connectivity index (χ4v) is 3.17. The lowest BCUT2D eigenvalue weighted by Gasteiger charge is -2.08. The Morgan fingerprint density at radius 3 is 2.79 bits per heavy atom. The van der Waals surface area contributed by atoms with Gasteiger partial charge in [0.15, 0.2) is 5.13 Å². The van der Waals surface area contributed by atoms with Gasteiger partial charge in [0.25, 0.3) is 11.5 Å². The van der Waals surface area contributed by atoms with Crippen LogP contribution in [-0.2, 0) is 0 Å². The van der Waals surface area contributed by atoms with E-state index in [4.69, 9.17) is 0 Å². The number of aromatic amines is 1. The summed E-state index contributed by atoms with van der Waals surface area (Å²) < 4.78 is 1.49. The van der Waals surface area contributed by atoms with E-state index in [0.717, 1.165) is 17.7 Å². The molecule has 0 saturated heterocycles. The number of H-pyrrole nitrogens is 1. The summed E-state index contributed by atoms with van der Waals surface area (Å²) in [6, 6.07) is 1.53. The Labute approximate surface area is 139 Å². The Hall–Kier alpha value is -2.81.